The molecule has 52 valence electrons. The van der Waals surface area contributed by atoms with Crippen LogP contribution in [0.4, 0.5) is 0 Å². The predicted molar refractivity (Wildman–Crippen MR) is 40.5 cm³/mol. The first kappa shape index (κ1) is 7.13. The lowest BCUT2D eigenvalue weighted by Crippen LogP contribution is -2.21. The number of hydrogen-bond donors (Lipinski definition) is 0. The van der Waals surface area contributed by atoms with Crippen molar-refractivity contribution in [1.29, 1.82) is 0 Å². The van der Waals surface area contributed by atoms with Gasteiger partial charge in [0.05, 0.1) is 0 Å². The van der Waals surface area contributed by atoms with Crippen LogP contribution in [0.1, 0.15) is 26.7 Å². The van der Waals surface area contributed by atoms with Gasteiger partial charge in [-0.3, -0.25) is 4.79 Å². The van der Waals surface area contributed by atoms with Crippen molar-refractivity contribution in [2.45, 2.75) is 26.7 Å². The van der Waals surface area contributed by atoms with Gasteiger partial charge in [-0.1, -0.05) is 25.6 Å². The third kappa shape index (κ3) is 2.01. The van der Waals surface area contributed by atoms with Crippen molar-refractivity contribution in [3.05, 3.63) is 0 Å². The summed E-state index contributed by atoms with van der Waals surface area (Å²) in [6.45, 7) is 4.31. The standard InChI is InChI=1S/C7H12OS/c1-7(2)3-4-9-6(8)5-7/h3-5H2,1-2H3. The van der Waals surface area contributed by atoms with Crippen LogP contribution in [-0.2, 0) is 4.79 Å². The minimum absolute atomic E-state index is 0.280. The van der Waals surface area contributed by atoms with E-state index in [2.05, 4.69) is 13.8 Å². The number of hydrogen-bond acceptors (Lipinski definition) is 2. The Morgan fingerprint density at radius 3 is 2.56 bits per heavy atom. The molecular formula is C7H12OS. The van der Waals surface area contributed by atoms with Crippen LogP contribution in [-0.4, -0.2) is 10.9 Å². The van der Waals surface area contributed by atoms with Gasteiger partial charge < -0.3 is 0 Å². The van der Waals surface area contributed by atoms with Gasteiger partial charge in [-0.15, -0.1) is 0 Å². The van der Waals surface area contributed by atoms with Crippen molar-refractivity contribution in [1.82, 2.24) is 0 Å². The number of carbonyl (C=O) groups is 1. The first-order valence-corrected chi connectivity index (χ1v) is 4.24. The van der Waals surface area contributed by atoms with E-state index in [4.69, 9.17) is 0 Å². The Morgan fingerprint density at radius 2 is 2.22 bits per heavy atom. The molecule has 0 spiro atoms. The minimum Gasteiger partial charge on any atom is -0.287 e. The third-order valence-electron chi connectivity index (χ3n) is 1.66. The van der Waals surface area contributed by atoms with Crippen LogP contribution in [0.3, 0.4) is 0 Å². The van der Waals surface area contributed by atoms with Crippen molar-refractivity contribution >= 4 is 16.9 Å². The van der Waals surface area contributed by atoms with Crippen LogP contribution in [0.2, 0.25) is 0 Å². The zero-order valence-corrected chi connectivity index (χ0v) is 6.75. The van der Waals surface area contributed by atoms with Gasteiger partial charge in [0.2, 0.25) is 0 Å². The summed E-state index contributed by atoms with van der Waals surface area (Å²) in [6.07, 6.45) is 1.95. The van der Waals surface area contributed by atoms with Crippen molar-refractivity contribution in [2.75, 3.05) is 5.75 Å². The Bertz CT molecular complexity index is 129. The maximum atomic E-state index is 10.8. The summed E-state index contributed by atoms with van der Waals surface area (Å²) in [7, 11) is 0. The average Bonchev–Trinajstić information content (AvgIpc) is 1.60. The van der Waals surface area contributed by atoms with Gasteiger partial charge in [-0.2, -0.15) is 0 Å². The molecule has 2 heteroatoms. The first-order chi connectivity index (χ1) is 4.10. The second-order valence-corrected chi connectivity index (χ2v) is 4.46. The smallest absolute Gasteiger partial charge is 0.189 e. The molecule has 0 aromatic carbocycles. The molecule has 1 aliphatic heterocycles. The van der Waals surface area contributed by atoms with Gasteiger partial charge in [-0.25, -0.2) is 0 Å². The number of thioether (sulfide) groups is 1. The van der Waals surface area contributed by atoms with E-state index in [9.17, 15) is 4.79 Å². The Labute approximate surface area is 60.2 Å². The third-order valence-corrected chi connectivity index (χ3v) is 2.54. The molecule has 1 saturated heterocycles. The molecule has 0 unspecified atom stereocenters. The van der Waals surface area contributed by atoms with Gasteiger partial charge in [0.1, 0.15) is 0 Å². The molecule has 0 amide bonds. The summed E-state index contributed by atoms with van der Waals surface area (Å²) < 4.78 is 0. The summed E-state index contributed by atoms with van der Waals surface area (Å²) in [5.74, 6) is 1.02. The van der Waals surface area contributed by atoms with Crippen LogP contribution in [0.15, 0.2) is 0 Å². The van der Waals surface area contributed by atoms with Crippen molar-refractivity contribution < 1.29 is 4.79 Å². The van der Waals surface area contributed by atoms with Gasteiger partial charge in [0.25, 0.3) is 0 Å². The van der Waals surface area contributed by atoms with Crippen LogP contribution in [0.5, 0.6) is 0 Å². The molecule has 1 aliphatic rings. The van der Waals surface area contributed by atoms with E-state index in [1.165, 1.54) is 18.2 Å². The Morgan fingerprint density at radius 1 is 1.56 bits per heavy atom. The van der Waals surface area contributed by atoms with Crippen molar-refractivity contribution in [3.63, 3.8) is 0 Å². The molecule has 0 radical (unpaired) electrons. The second-order valence-electron chi connectivity index (χ2n) is 3.31. The number of rotatable bonds is 0. The van der Waals surface area contributed by atoms with Gasteiger partial charge >= 0.3 is 0 Å². The van der Waals surface area contributed by atoms with Crippen molar-refractivity contribution in [3.8, 4) is 0 Å². The molecule has 0 aliphatic carbocycles. The fraction of sp³-hybridized carbons (Fsp3) is 0.857. The summed E-state index contributed by atoms with van der Waals surface area (Å²) >= 11 is 1.48. The monoisotopic (exact) mass is 144 g/mol. The lowest BCUT2D eigenvalue weighted by atomic mass is 9.87. The van der Waals surface area contributed by atoms with E-state index in [0.717, 1.165) is 12.2 Å². The highest BCUT2D eigenvalue weighted by Crippen LogP contribution is 2.34. The molecule has 0 N–H and O–H groups in total. The molecule has 0 aromatic heterocycles. The fourth-order valence-corrected chi connectivity index (χ4v) is 2.35. The second kappa shape index (κ2) is 2.33. The molecule has 1 fully saturated rings. The summed E-state index contributed by atoms with van der Waals surface area (Å²) in [5, 5.41) is 0.367. The number of carbonyl (C=O) groups excluding carboxylic acids is 1. The predicted octanol–water partition coefficient (Wildman–Crippen LogP) is 2.07. The molecule has 1 rings (SSSR count). The Kier molecular flexibility index (Phi) is 1.85. The maximum Gasteiger partial charge on any atom is 0.189 e. The SMILES string of the molecule is CC1(C)CCSC(=O)C1. The molecular weight excluding hydrogens is 132 g/mol. The largest absolute Gasteiger partial charge is 0.287 e. The van der Waals surface area contributed by atoms with Crippen LogP contribution >= 0.6 is 11.8 Å². The Balaban J connectivity index is 2.51. The lowest BCUT2D eigenvalue weighted by molar-refractivity contribution is -0.113. The summed E-state index contributed by atoms with van der Waals surface area (Å²) in [5.41, 5.74) is 0.280. The van der Waals surface area contributed by atoms with Gasteiger partial charge in [-0.05, 0) is 11.8 Å². The molecule has 1 heterocycles. The zero-order valence-electron chi connectivity index (χ0n) is 5.94. The first-order valence-electron chi connectivity index (χ1n) is 3.26. The van der Waals surface area contributed by atoms with E-state index < -0.39 is 0 Å². The summed E-state index contributed by atoms with van der Waals surface area (Å²) in [4.78, 5) is 10.8. The lowest BCUT2D eigenvalue weighted by Gasteiger charge is -2.27. The quantitative estimate of drug-likeness (QED) is 0.517. The fourth-order valence-electron chi connectivity index (χ4n) is 0.971. The molecule has 9 heavy (non-hydrogen) atoms. The molecule has 0 atom stereocenters. The Hall–Kier alpha value is 0.0200. The van der Waals surface area contributed by atoms with Gasteiger partial charge in [0, 0.05) is 12.2 Å². The molecule has 0 bridgehead atoms. The van der Waals surface area contributed by atoms with E-state index in [1.807, 2.05) is 0 Å². The average molecular weight is 144 g/mol. The van der Waals surface area contributed by atoms with E-state index >= 15 is 0 Å². The zero-order chi connectivity index (χ0) is 6.91. The topological polar surface area (TPSA) is 17.1 Å². The summed E-state index contributed by atoms with van der Waals surface area (Å²) in [6, 6.07) is 0. The highest BCUT2D eigenvalue weighted by molar-refractivity contribution is 8.13. The highest BCUT2D eigenvalue weighted by atomic mass is 32.2. The van der Waals surface area contributed by atoms with E-state index in [1.54, 1.807) is 0 Å². The highest BCUT2D eigenvalue weighted by Gasteiger charge is 2.26. The van der Waals surface area contributed by atoms with Crippen molar-refractivity contribution in [2.24, 2.45) is 5.41 Å². The van der Waals surface area contributed by atoms with Crippen LogP contribution in [0, 0.1) is 5.41 Å². The van der Waals surface area contributed by atoms with E-state index in [-0.39, 0.29) is 5.41 Å². The van der Waals surface area contributed by atoms with Crippen LogP contribution < -0.4 is 0 Å². The maximum absolute atomic E-state index is 10.8. The van der Waals surface area contributed by atoms with E-state index in [0.29, 0.717) is 5.12 Å². The molecule has 0 saturated carbocycles. The minimum atomic E-state index is 0.280. The van der Waals surface area contributed by atoms with Crippen LogP contribution in [0.25, 0.3) is 0 Å². The molecule has 1 nitrogen and oxygen atoms in total. The normalized spacial score (nSPS) is 26.2. The molecule has 0 aromatic rings. The van der Waals surface area contributed by atoms with Gasteiger partial charge in [0.15, 0.2) is 5.12 Å².